The summed E-state index contributed by atoms with van der Waals surface area (Å²) in [7, 11) is 0. The van der Waals surface area contributed by atoms with Crippen molar-refractivity contribution < 1.29 is 14.3 Å². The van der Waals surface area contributed by atoms with Crippen LogP contribution in [-0.4, -0.2) is 17.2 Å². The third-order valence-electron chi connectivity index (χ3n) is 2.40. The predicted molar refractivity (Wildman–Crippen MR) is 81.8 cm³/mol. The van der Waals surface area contributed by atoms with E-state index in [1.807, 2.05) is 0 Å². The molecule has 2 N–H and O–H groups in total. The monoisotopic (exact) mass is 324 g/mol. The molecule has 21 heavy (non-hydrogen) atoms. The first-order valence-electron chi connectivity index (χ1n) is 5.79. The maximum Gasteiger partial charge on any atom is 0.275 e. The number of aromatic hydroxyl groups is 1. The van der Waals surface area contributed by atoms with Crippen molar-refractivity contribution in [1.29, 1.82) is 0 Å². The number of hydrogen-bond acceptors (Lipinski definition) is 4. The predicted octanol–water partition coefficient (Wildman–Crippen LogP) is 3.72. The van der Waals surface area contributed by atoms with Crippen molar-refractivity contribution in [2.45, 2.75) is 0 Å². The number of phenols is 1. The maximum absolute atomic E-state index is 11.8. The molecule has 0 unspecified atom stereocenters. The highest BCUT2D eigenvalue weighted by molar-refractivity contribution is 6.36. The Hall–Kier alpha value is -2.24. The molecule has 0 aliphatic rings. The molecule has 1 aromatic carbocycles. The molecule has 0 radical (unpaired) electrons. The highest BCUT2D eigenvalue weighted by Gasteiger charge is 2.14. The van der Waals surface area contributed by atoms with Crippen LogP contribution in [0.2, 0.25) is 10.0 Å². The van der Waals surface area contributed by atoms with Gasteiger partial charge in [-0.25, -0.2) is 5.43 Å². The number of nitrogens with one attached hydrogen (secondary N) is 1. The zero-order valence-corrected chi connectivity index (χ0v) is 12.1. The smallest absolute Gasteiger partial charge is 0.275 e. The number of rotatable bonds is 4. The van der Waals surface area contributed by atoms with E-state index in [-0.39, 0.29) is 21.4 Å². The maximum atomic E-state index is 11.8. The number of carbonyl (C=O) groups is 1. The fourth-order valence-corrected chi connectivity index (χ4v) is 1.96. The van der Waals surface area contributed by atoms with Gasteiger partial charge in [0.25, 0.3) is 5.91 Å². The number of allylic oxidation sites excluding steroid dienone is 1. The molecule has 0 saturated carbocycles. The van der Waals surface area contributed by atoms with E-state index in [0.717, 1.165) is 0 Å². The van der Waals surface area contributed by atoms with Gasteiger partial charge in [0, 0.05) is 11.2 Å². The number of nitrogens with zero attached hydrogens (tertiary/aromatic N) is 1. The number of furan rings is 1. The Morgan fingerprint density at radius 2 is 2.19 bits per heavy atom. The number of phenolic OH excluding ortho intramolecular Hbond substituents is 1. The molecule has 0 spiro atoms. The van der Waals surface area contributed by atoms with Gasteiger partial charge in [-0.1, -0.05) is 23.2 Å². The number of benzene rings is 1. The summed E-state index contributed by atoms with van der Waals surface area (Å²) < 4.78 is 5.07. The topological polar surface area (TPSA) is 74.8 Å². The third kappa shape index (κ3) is 4.11. The molecule has 0 atom stereocenters. The second-order valence-electron chi connectivity index (χ2n) is 3.88. The van der Waals surface area contributed by atoms with E-state index in [1.165, 1.54) is 18.3 Å². The van der Waals surface area contributed by atoms with Gasteiger partial charge in [-0.05, 0) is 36.4 Å². The molecule has 0 aliphatic carbocycles. The van der Waals surface area contributed by atoms with E-state index in [2.05, 4.69) is 10.5 Å². The molecule has 5 nitrogen and oxygen atoms in total. The molecule has 2 rings (SSSR count). The molecule has 108 valence electrons. The highest BCUT2D eigenvalue weighted by Crippen LogP contribution is 2.30. The first-order valence-corrected chi connectivity index (χ1v) is 6.55. The Balaban J connectivity index is 1.99. The van der Waals surface area contributed by atoms with Crippen LogP contribution in [0.4, 0.5) is 0 Å². The molecule has 2 aromatic rings. The number of carbonyl (C=O) groups excluding carboxylic acids is 1. The largest absolute Gasteiger partial charge is 0.506 e. The molecule has 1 heterocycles. The van der Waals surface area contributed by atoms with Crippen molar-refractivity contribution in [1.82, 2.24) is 5.43 Å². The van der Waals surface area contributed by atoms with Gasteiger partial charge < -0.3 is 9.52 Å². The zero-order valence-electron chi connectivity index (χ0n) is 10.6. The molecule has 0 aliphatic heterocycles. The average molecular weight is 325 g/mol. The van der Waals surface area contributed by atoms with Gasteiger partial charge in [0.2, 0.25) is 0 Å². The summed E-state index contributed by atoms with van der Waals surface area (Å²) in [6.07, 6.45) is 6.17. The Labute approximate surface area is 130 Å². The summed E-state index contributed by atoms with van der Waals surface area (Å²) in [6.45, 7) is 0. The van der Waals surface area contributed by atoms with E-state index in [0.29, 0.717) is 5.76 Å². The lowest BCUT2D eigenvalue weighted by Crippen LogP contribution is -2.17. The van der Waals surface area contributed by atoms with Crippen molar-refractivity contribution in [3.8, 4) is 5.75 Å². The number of halogens is 2. The van der Waals surface area contributed by atoms with E-state index in [4.69, 9.17) is 27.6 Å². The van der Waals surface area contributed by atoms with Crippen LogP contribution in [0.3, 0.4) is 0 Å². The fourth-order valence-electron chi connectivity index (χ4n) is 1.46. The normalized spacial score (nSPS) is 11.3. The van der Waals surface area contributed by atoms with Gasteiger partial charge >= 0.3 is 0 Å². The highest BCUT2D eigenvalue weighted by atomic mass is 35.5. The molecule has 7 heteroatoms. The summed E-state index contributed by atoms with van der Waals surface area (Å²) in [5.41, 5.74) is 2.19. The van der Waals surface area contributed by atoms with E-state index >= 15 is 0 Å². The number of amides is 1. The first-order chi connectivity index (χ1) is 10.1. The minimum Gasteiger partial charge on any atom is -0.506 e. The first kappa shape index (κ1) is 15.2. The second-order valence-corrected chi connectivity index (χ2v) is 4.72. The van der Waals surface area contributed by atoms with Crippen LogP contribution >= 0.6 is 23.2 Å². The van der Waals surface area contributed by atoms with Crippen molar-refractivity contribution in [2.75, 3.05) is 0 Å². The van der Waals surface area contributed by atoms with Crippen LogP contribution in [0, 0.1) is 0 Å². The summed E-state index contributed by atoms with van der Waals surface area (Å²) >= 11 is 11.5. The molecular formula is C14H10Cl2N2O3. The lowest BCUT2D eigenvalue weighted by molar-refractivity contribution is 0.0952. The quantitative estimate of drug-likeness (QED) is 0.664. The number of hydrazone groups is 1. The SMILES string of the molecule is O=C(NN=CC=Cc1ccco1)c1cc(Cl)cc(Cl)c1O. The number of hydrogen-bond donors (Lipinski definition) is 2. The van der Waals surface area contributed by atoms with Crippen LogP contribution in [0.1, 0.15) is 16.1 Å². The molecule has 0 fully saturated rings. The zero-order chi connectivity index (χ0) is 15.2. The molecular weight excluding hydrogens is 315 g/mol. The van der Waals surface area contributed by atoms with E-state index in [9.17, 15) is 9.90 Å². The van der Waals surface area contributed by atoms with E-state index in [1.54, 1.807) is 30.5 Å². The van der Waals surface area contributed by atoms with Crippen LogP contribution < -0.4 is 5.43 Å². The van der Waals surface area contributed by atoms with Gasteiger partial charge in [-0.15, -0.1) is 0 Å². The van der Waals surface area contributed by atoms with Crippen molar-refractivity contribution in [3.05, 3.63) is 58.0 Å². The van der Waals surface area contributed by atoms with Crippen LogP contribution in [0.5, 0.6) is 5.75 Å². The lowest BCUT2D eigenvalue weighted by atomic mass is 10.2. The third-order valence-corrected chi connectivity index (χ3v) is 2.91. The van der Waals surface area contributed by atoms with Crippen LogP contribution in [0.15, 0.2) is 46.1 Å². The van der Waals surface area contributed by atoms with Gasteiger partial charge in [0.15, 0.2) is 0 Å². The van der Waals surface area contributed by atoms with Crippen molar-refractivity contribution in [2.24, 2.45) is 5.10 Å². The minimum atomic E-state index is -0.625. The standard InChI is InChI=1S/C14H10Cl2N2O3/c15-9-7-11(13(19)12(16)8-9)14(20)18-17-5-1-3-10-4-2-6-21-10/h1-8,19H,(H,18,20). The Morgan fingerprint density at radius 3 is 2.90 bits per heavy atom. The average Bonchev–Trinajstić information content (AvgIpc) is 2.95. The molecule has 1 aromatic heterocycles. The summed E-state index contributed by atoms with van der Waals surface area (Å²) in [4.78, 5) is 11.8. The van der Waals surface area contributed by atoms with Gasteiger partial charge in [0.1, 0.15) is 11.5 Å². The Kier molecular flexibility index (Phi) is 5.03. The lowest BCUT2D eigenvalue weighted by Gasteiger charge is -2.05. The van der Waals surface area contributed by atoms with Crippen molar-refractivity contribution in [3.63, 3.8) is 0 Å². The van der Waals surface area contributed by atoms with Gasteiger partial charge in [-0.3, -0.25) is 4.79 Å². The van der Waals surface area contributed by atoms with Crippen LogP contribution in [-0.2, 0) is 0 Å². The summed E-state index contributed by atoms with van der Waals surface area (Å²) in [5, 5.41) is 13.6. The molecule has 1 amide bonds. The minimum absolute atomic E-state index is 0.00524. The van der Waals surface area contributed by atoms with Gasteiger partial charge in [-0.2, -0.15) is 5.10 Å². The Morgan fingerprint density at radius 1 is 1.38 bits per heavy atom. The fraction of sp³-hybridized carbons (Fsp3) is 0. The van der Waals surface area contributed by atoms with Crippen LogP contribution in [0.25, 0.3) is 6.08 Å². The summed E-state index contributed by atoms with van der Waals surface area (Å²) in [6, 6.07) is 6.16. The van der Waals surface area contributed by atoms with E-state index < -0.39 is 5.91 Å². The molecule has 0 saturated heterocycles. The summed E-state index contributed by atoms with van der Waals surface area (Å²) in [5.74, 6) is -0.313. The Bertz CT molecular complexity index is 694. The van der Waals surface area contributed by atoms with Gasteiger partial charge in [0.05, 0.1) is 16.8 Å². The second kappa shape index (κ2) is 6.97. The van der Waals surface area contributed by atoms with Crippen molar-refractivity contribution >= 4 is 41.4 Å². The molecule has 0 bridgehead atoms.